The summed E-state index contributed by atoms with van der Waals surface area (Å²) < 4.78 is 10.6. The zero-order valence-electron chi connectivity index (χ0n) is 14.2. The van der Waals surface area contributed by atoms with Crippen LogP contribution >= 0.6 is 11.3 Å². The first-order chi connectivity index (χ1) is 13.1. The number of oxazole rings is 1. The number of ether oxygens (including phenoxy) is 1. The van der Waals surface area contributed by atoms with E-state index in [0.29, 0.717) is 22.7 Å². The largest absolute Gasteiger partial charge is 0.458 e. The van der Waals surface area contributed by atoms with E-state index in [0.717, 1.165) is 9.78 Å². The van der Waals surface area contributed by atoms with Gasteiger partial charge in [-0.3, -0.25) is 14.5 Å². The lowest BCUT2D eigenvalue weighted by Crippen LogP contribution is -2.43. The molecule has 0 spiro atoms. The van der Waals surface area contributed by atoms with E-state index >= 15 is 0 Å². The number of fused-ring (bicyclic) bond motifs is 1. The van der Waals surface area contributed by atoms with Crippen LogP contribution in [0.4, 0.5) is 0 Å². The molecule has 27 heavy (non-hydrogen) atoms. The van der Waals surface area contributed by atoms with Crippen LogP contribution < -0.4 is 0 Å². The predicted molar refractivity (Wildman–Crippen MR) is 96.0 cm³/mol. The third-order valence-electron chi connectivity index (χ3n) is 4.20. The highest BCUT2D eigenvalue weighted by atomic mass is 32.1. The molecular formula is C19H14N2O5S. The minimum Gasteiger partial charge on any atom is -0.458 e. The molecular weight excluding hydrogens is 368 g/mol. The van der Waals surface area contributed by atoms with Crippen molar-refractivity contribution in [1.29, 1.82) is 0 Å². The first kappa shape index (κ1) is 17.2. The van der Waals surface area contributed by atoms with Gasteiger partial charge >= 0.3 is 5.97 Å². The smallest absolute Gasteiger partial charge is 0.329 e. The van der Waals surface area contributed by atoms with E-state index in [1.165, 1.54) is 24.5 Å². The summed E-state index contributed by atoms with van der Waals surface area (Å²) in [6, 6.07) is 9.19. The fourth-order valence-electron chi connectivity index (χ4n) is 2.82. The van der Waals surface area contributed by atoms with Crippen LogP contribution in [0.2, 0.25) is 0 Å². The van der Waals surface area contributed by atoms with Crippen LogP contribution in [0.3, 0.4) is 0 Å². The van der Waals surface area contributed by atoms with Crippen molar-refractivity contribution in [2.24, 2.45) is 0 Å². The fourth-order valence-corrected chi connectivity index (χ4v) is 3.47. The summed E-state index contributed by atoms with van der Waals surface area (Å²) in [5.74, 6) is -1.24. The average molecular weight is 382 g/mol. The molecule has 4 rings (SSSR count). The summed E-state index contributed by atoms with van der Waals surface area (Å²) in [7, 11) is 0. The summed E-state index contributed by atoms with van der Waals surface area (Å²) in [5.41, 5.74) is 1.03. The molecule has 0 radical (unpaired) electrons. The van der Waals surface area contributed by atoms with E-state index < -0.39 is 23.8 Å². The van der Waals surface area contributed by atoms with Gasteiger partial charge in [0.2, 0.25) is 5.89 Å². The molecule has 0 bridgehead atoms. The second kappa shape index (κ2) is 6.81. The van der Waals surface area contributed by atoms with Gasteiger partial charge in [-0.05, 0) is 30.5 Å². The molecule has 3 aromatic rings. The number of esters is 1. The molecule has 0 saturated carbocycles. The summed E-state index contributed by atoms with van der Waals surface area (Å²) in [5, 5.41) is 1.91. The Hall–Kier alpha value is -3.26. The number of imide groups is 1. The maximum absolute atomic E-state index is 12.4. The standard InChI is InChI=1S/C19H14N2O5S/c1-11(21-17(22)13-5-2-3-6-14(13)18(21)23)19(24)26-10-12-9-25-16(20-12)15-7-4-8-27-15/h2-9,11H,10H2,1H3/t11-/m0/s1. The number of hydrogen-bond donors (Lipinski definition) is 0. The molecule has 0 N–H and O–H groups in total. The van der Waals surface area contributed by atoms with Crippen molar-refractivity contribution in [3.05, 3.63) is 64.9 Å². The zero-order chi connectivity index (χ0) is 19.0. The molecule has 1 atom stereocenters. The average Bonchev–Trinajstić information content (AvgIpc) is 3.41. The number of amides is 2. The van der Waals surface area contributed by atoms with Gasteiger partial charge in [-0.25, -0.2) is 9.78 Å². The second-order valence-corrected chi connectivity index (χ2v) is 6.88. The molecule has 7 nitrogen and oxygen atoms in total. The number of aromatic nitrogens is 1. The van der Waals surface area contributed by atoms with E-state index in [4.69, 9.17) is 9.15 Å². The summed E-state index contributed by atoms with van der Waals surface area (Å²) in [6.45, 7) is 1.35. The molecule has 8 heteroatoms. The van der Waals surface area contributed by atoms with Crippen LogP contribution in [0.5, 0.6) is 0 Å². The Balaban J connectivity index is 1.42. The van der Waals surface area contributed by atoms with E-state index in [2.05, 4.69) is 4.98 Å². The number of thiophene rings is 1. The number of nitrogens with zero attached hydrogens (tertiary/aromatic N) is 2. The Labute approximate surface area is 158 Å². The quantitative estimate of drug-likeness (QED) is 0.497. The highest BCUT2D eigenvalue weighted by molar-refractivity contribution is 7.13. The highest BCUT2D eigenvalue weighted by Gasteiger charge is 2.41. The van der Waals surface area contributed by atoms with Gasteiger partial charge in [-0.15, -0.1) is 11.3 Å². The highest BCUT2D eigenvalue weighted by Crippen LogP contribution is 2.26. The number of rotatable bonds is 5. The summed E-state index contributed by atoms with van der Waals surface area (Å²) in [4.78, 5) is 43.3. The van der Waals surface area contributed by atoms with Gasteiger partial charge in [0.05, 0.1) is 16.0 Å². The van der Waals surface area contributed by atoms with Gasteiger partial charge in [0.25, 0.3) is 11.8 Å². The fraction of sp³-hybridized carbons (Fsp3) is 0.158. The number of hydrogen-bond acceptors (Lipinski definition) is 7. The number of benzene rings is 1. The van der Waals surface area contributed by atoms with Gasteiger partial charge in [0.15, 0.2) is 0 Å². The van der Waals surface area contributed by atoms with Crippen molar-refractivity contribution < 1.29 is 23.5 Å². The topological polar surface area (TPSA) is 89.7 Å². The van der Waals surface area contributed by atoms with E-state index in [9.17, 15) is 14.4 Å². The lowest BCUT2D eigenvalue weighted by Gasteiger charge is -2.20. The summed E-state index contributed by atoms with van der Waals surface area (Å²) >= 11 is 1.48. The minimum absolute atomic E-state index is 0.110. The van der Waals surface area contributed by atoms with Gasteiger partial charge in [-0.2, -0.15) is 0 Å². The van der Waals surface area contributed by atoms with Gasteiger partial charge in [-0.1, -0.05) is 18.2 Å². The van der Waals surface area contributed by atoms with Crippen molar-refractivity contribution in [2.45, 2.75) is 19.6 Å². The monoisotopic (exact) mass is 382 g/mol. The Morgan fingerprint density at radius 3 is 2.52 bits per heavy atom. The van der Waals surface area contributed by atoms with Crippen LogP contribution in [0.25, 0.3) is 10.8 Å². The molecule has 2 aromatic heterocycles. The van der Waals surface area contributed by atoms with Gasteiger partial charge in [0, 0.05) is 0 Å². The van der Waals surface area contributed by atoms with Crippen molar-refractivity contribution in [3.63, 3.8) is 0 Å². The molecule has 3 heterocycles. The number of carbonyl (C=O) groups is 3. The lowest BCUT2D eigenvalue weighted by molar-refractivity contribution is -0.149. The molecule has 2 amide bonds. The maximum atomic E-state index is 12.4. The molecule has 0 unspecified atom stereocenters. The Morgan fingerprint density at radius 2 is 1.89 bits per heavy atom. The van der Waals surface area contributed by atoms with E-state index in [-0.39, 0.29) is 6.61 Å². The van der Waals surface area contributed by atoms with Crippen molar-refractivity contribution in [3.8, 4) is 10.8 Å². The lowest BCUT2D eigenvalue weighted by atomic mass is 10.1. The first-order valence-corrected chi connectivity index (χ1v) is 9.06. The van der Waals surface area contributed by atoms with Gasteiger partial charge in [0.1, 0.15) is 24.6 Å². The van der Waals surface area contributed by atoms with Crippen LogP contribution in [-0.2, 0) is 16.1 Å². The second-order valence-electron chi connectivity index (χ2n) is 5.93. The van der Waals surface area contributed by atoms with Crippen molar-refractivity contribution in [1.82, 2.24) is 9.88 Å². The minimum atomic E-state index is -1.04. The molecule has 136 valence electrons. The zero-order valence-corrected chi connectivity index (χ0v) is 15.1. The molecule has 1 aromatic carbocycles. The normalized spacial score (nSPS) is 14.3. The molecule has 1 aliphatic heterocycles. The molecule has 0 aliphatic carbocycles. The van der Waals surface area contributed by atoms with Crippen LogP contribution in [0.1, 0.15) is 33.3 Å². The van der Waals surface area contributed by atoms with Crippen LogP contribution in [-0.4, -0.2) is 33.7 Å². The Kier molecular flexibility index (Phi) is 4.33. The molecule has 1 aliphatic rings. The van der Waals surface area contributed by atoms with Crippen LogP contribution in [0, 0.1) is 0 Å². The Bertz CT molecular complexity index is 989. The van der Waals surface area contributed by atoms with Crippen molar-refractivity contribution in [2.75, 3.05) is 0 Å². The molecule has 0 fully saturated rings. The SMILES string of the molecule is C[C@@H](C(=O)OCc1coc(-c2cccs2)n1)N1C(=O)c2ccccc2C1=O. The molecule has 0 saturated heterocycles. The predicted octanol–water partition coefficient (Wildman–Crippen LogP) is 3.13. The third-order valence-corrected chi connectivity index (χ3v) is 5.06. The van der Waals surface area contributed by atoms with Crippen molar-refractivity contribution >= 4 is 29.1 Å². The van der Waals surface area contributed by atoms with Gasteiger partial charge < -0.3 is 9.15 Å². The summed E-state index contributed by atoms with van der Waals surface area (Å²) in [6.07, 6.45) is 1.41. The first-order valence-electron chi connectivity index (χ1n) is 8.18. The van der Waals surface area contributed by atoms with E-state index in [1.54, 1.807) is 24.3 Å². The maximum Gasteiger partial charge on any atom is 0.329 e. The number of carbonyl (C=O) groups excluding carboxylic acids is 3. The van der Waals surface area contributed by atoms with E-state index in [1.807, 2.05) is 17.5 Å². The third kappa shape index (κ3) is 3.04. The van der Waals surface area contributed by atoms with Crippen LogP contribution in [0.15, 0.2) is 52.5 Å². The Morgan fingerprint density at radius 1 is 1.19 bits per heavy atom.